The molecule has 1 N–H and O–H groups in total. The van der Waals surface area contributed by atoms with Crippen molar-refractivity contribution in [2.45, 2.75) is 32.2 Å². The second kappa shape index (κ2) is 5.57. The van der Waals surface area contributed by atoms with E-state index < -0.39 is 0 Å². The number of aromatic amines is 1. The molecule has 0 aliphatic carbocycles. The molecule has 1 aromatic carbocycles. The number of benzene rings is 1. The molecule has 2 aromatic rings. The zero-order chi connectivity index (χ0) is 13.9. The highest BCUT2D eigenvalue weighted by atomic mass is 16.6. The number of carbonyl (C=O) groups is 1. The predicted molar refractivity (Wildman–Crippen MR) is 78.8 cm³/mol. The number of hydrogen-bond donors (Lipinski definition) is 1. The van der Waals surface area contributed by atoms with Gasteiger partial charge in [-0.25, -0.2) is 4.79 Å². The van der Waals surface area contributed by atoms with E-state index in [1.54, 1.807) is 0 Å². The van der Waals surface area contributed by atoms with E-state index in [-0.39, 0.29) is 12.1 Å². The first kappa shape index (κ1) is 13.0. The van der Waals surface area contributed by atoms with Crippen molar-refractivity contribution in [3.63, 3.8) is 0 Å². The van der Waals surface area contributed by atoms with Gasteiger partial charge in [0.1, 0.15) is 0 Å². The lowest BCUT2D eigenvalue weighted by Gasteiger charge is -2.23. The van der Waals surface area contributed by atoms with Crippen LogP contribution in [0.25, 0.3) is 10.9 Å². The van der Waals surface area contributed by atoms with E-state index in [4.69, 9.17) is 4.74 Å². The normalized spacial score (nSPS) is 18.6. The van der Waals surface area contributed by atoms with Crippen LogP contribution in [0.15, 0.2) is 30.5 Å². The largest absolute Gasteiger partial charge is 0.450 e. The maximum atomic E-state index is 11.9. The monoisotopic (exact) mass is 272 g/mol. The summed E-state index contributed by atoms with van der Waals surface area (Å²) >= 11 is 0. The Kier molecular flexibility index (Phi) is 3.63. The van der Waals surface area contributed by atoms with Crippen molar-refractivity contribution in [1.29, 1.82) is 0 Å². The Morgan fingerprint density at radius 3 is 3.15 bits per heavy atom. The van der Waals surface area contributed by atoms with Crippen molar-refractivity contribution >= 4 is 17.0 Å². The second-order valence-corrected chi connectivity index (χ2v) is 5.25. The number of ether oxygens (including phenoxy) is 1. The van der Waals surface area contributed by atoms with E-state index >= 15 is 0 Å². The van der Waals surface area contributed by atoms with Crippen LogP contribution in [0.3, 0.4) is 0 Å². The third kappa shape index (κ3) is 2.38. The molecule has 4 heteroatoms. The number of aromatic nitrogens is 1. The lowest BCUT2D eigenvalue weighted by Crippen LogP contribution is -2.37. The Labute approximate surface area is 118 Å². The fourth-order valence-corrected chi connectivity index (χ4v) is 3.05. The van der Waals surface area contributed by atoms with Crippen LogP contribution < -0.4 is 0 Å². The van der Waals surface area contributed by atoms with Crippen molar-refractivity contribution in [3.8, 4) is 0 Å². The quantitative estimate of drug-likeness (QED) is 0.931. The maximum Gasteiger partial charge on any atom is 0.410 e. The lowest BCUT2D eigenvalue weighted by atomic mass is 10.0. The average Bonchev–Trinajstić information content (AvgIpc) is 3.07. The molecule has 1 saturated heterocycles. The van der Waals surface area contributed by atoms with E-state index in [9.17, 15) is 4.79 Å². The summed E-state index contributed by atoms with van der Waals surface area (Å²) in [6.45, 7) is 3.10. The van der Waals surface area contributed by atoms with Gasteiger partial charge in [0.05, 0.1) is 6.61 Å². The van der Waals surface area contributed by atoms with Crippen LogP contribution >= 0.6 is 0 Å². The SMILES string of the molecule is CCOC(=O)N1CCCC1Cc1c[nH]c2ccccc12. The van der Waals surface area contributed by atoms with Gasteiger partial charge in [0, 0.05) is 29.7 Å². The number of carbonyl (C=O) groups excluding carboxylic acids is 1. The summed E-state index contributed by atoms with van der Waals surface area (Å²) in [5.41, 5.74) is 2.44. The highest BCUT2D eigenvalue weighted by Gasteiger charge is 2.30. The van der Waals surface area contributed by atoms with Crippen LogP contribution in [0.5, 0.6) is 0 Å². The number of rotatable bonds is 3. The van der Waals surface area contributed by atoms with E-state index in [2.05, 4.69) is 29.4 Å². The lowest BCUT2D eigenvalue weighted by molar-refractivity contribution is 0.103. The minimum absolute atomic E-state index is 0.171. The van der Waals surface area contributed by atoms with Crippen LogP contribution in [-0.4, -0.2) is 35.2 Å². The zero-order valence-electron chi connectivity index (χ0n) is 11.8. The third-order valence-corrected chi connectivity index (χ3v) is 4.01. The van der Waals surface area contributed by atoms with Crippen LogP contribution in [0.2, 0.25) is 0 Å². The van der Waals surface area contributed by atoms with E-state index in [0.29, 0.717) is 6.61 Å². The number of hydrogen-bond acceptors (Lipinski definition) is 2. The fourth-order valence-electron chi connectivity index (χ4n) is 3.05. The van der Waals surface area contributed by atoms with Gasteiger partial charge < -0.3 is 14.6 Å². The van der Waals surface area contributed by atoms with Crippen molar-refractivity contribution in [3.05, 3.63) is 36.0 Å². The molecule has 1 atom stereocenters. The Bertz CT molecular complexity index is 605. The van der Waals surface area contributed by atoms with Crippen LogP contribution in [0.1, 0.15) is 25.3 Å². The zero-order valence-corrected chi connectivity index (χ0v) is 11.8. The molecule has 1 amide bonds. The number of fused-ring (bicyclic) bond motifs is 1. The summed E-state index contributed by atoms with van der Waals surface area (Å²) in [5, 5.41) is 1.25. The van der Waals surface area contributed by atoms with Gasteiger partial charge in [0.2, 0.25) is 0 Å². The molecule has 106 valence electrons. The predicted octanol–water partition coefficient (Wildman–Crippen LogP) is 3.33. The average molecular weight is 272 g/mol. The van der Waals surface area contributed by atoms with Gasteiger partial charge in [0.25, 0.3) is 0 Å². The minimum atomic E-state index is -0.171. The molecule has 1 aliphatic heterocycles. The Hall–Kier alpha value is -1.97. The van der Waals surface area contributed by atoms with Gasteiger partial charge in [-0.2, -0.15) is 0 Å². The fraction of sp³-hybridized carbons (Fsp3) is 0.438. The molecule has 3 rings (SSSR count). The summed E-state index contributed by atoms with van der Waals surface area (Å²) in [4.78, 5) is 17.1. The molecule has 1 aromatic heterocycles. The Morgan fingerprint density at radius 1 is 1.45 bits per heavy atom. The minimum Gasteiger partial charge on any atom is -0.450 e. The highest BCUT2D eigenvalue weighted by molar-refractivity contribution is 5.83. The molecule has 0 saturated carbocycles. The third-order valence-electron chi connectivity index (χ3n) is 4.01. The van der Waals surface area contributed by atoms with Crippen LogP contribution in [0.4, 0.5) is 4.79 Å². The first-order valence-corrected chi connectivity index (χ1v) is 7.28. The standard InChI is InChI=1S/C16H20N2O2/c1-2-20-16(19)18-9-5-6-13(18)10-12-11-17-15-8-4-3-7-14(12)15/h3-4,7-8,11,13,17H,2,5-6,9-10H2,1H3. The molecule has 0 bridgehead atoms. The van der Waals surface area contributed by atoms with Crippen molar-refractivity contribution in [2.75, 3.05) is 13.2 Å². The van der Waals surface area contributed by atoms with E-state index in [1.165, 1.54) is 10.9 Å². The second-order valence-electron chi connectivity index (χ2n) is 5.25. The Balaban J connectivity index is 1.78. The van der Waals surface area contributed by atoms with Gasteiger partial charge in [-0.3, -0.25) is 0 Å². The first-order valence-electron chi connectivity index (χ1n) is 7.28. The topological polar surface area (TPSA) is 45.3 Å². The molecule has 2 heterocycles. The van der Waals surface area contributed by atoms with Crippen molar-refractivity contribution in [2.24, 2.45) is 0 Å². The Morgan fingerprint density at radius 2 is 2.30 bits per heavy atom. The molecule has 1 fully saturated rings. The molecule has 0 spiro atoms. The number of likely N-dealkylation sites (tertiary alicyclic amines) is 1. The highest BCUT2D eigenvalue weighted by Crippen LogP contribution is 2.25. The molecular weight excluding hydrogens is 252 g/mol. The van der Waals surface area contributed by atoms with E-state index in [0.717, 1.165) is 31.3 Å². The number of nitrogens with one attached hydrogen (secondary N) is 1. The van der Waals surface area contributed by atoms with Crippen LogP contribution in [-0.2, 0) is 11.2 Å². The summed E-state index contributed by atoms with van der Waals surface area (Å²) in [6.07, 6.45) is 4.90. The molecule has 20 heavy (non-hydrogen) atoms. The summed E-state index contributed by atoms with van der Waals surface area (Å²) in [5.74, 6) is 0. The first-order chi connectivity index (χ1) is 9.79. The van der Waals surface area contributed by atoms with Gasteiger partial charge in [-0.05, 0) is 37.8 Å². The number of amides is 1. The van der Waals surface area contributed by atoms with Crippen molar-refractivity contribution < 1.29 is 9.53 Å². The summed E-state index contributed by atoms with van der Waals surface area (Å²) in [6, 6.07) is 8.55. The van der Waals surface area contributed by atoms with Gasteiger partial charge in [-0.15, -0.1) is 0 Å². The van der Waals surface area contributed by atoms with Gasteiger partial charge >= 0.3 is 6.09 Å². The molecule has 1 aliphatic rings. The molecular formula is C16H20N2O2. The van der Waals surface area contributed by atoms with E-state index in [1.807, 2.05) is 17.9 Å². The molecule has 1 unspecified atom stereocenters. The van der Waals surface area contributed by atoms with Crippen molar-refractivity contribution in [1.82, 2.24) is 9.88 Å². The molecule has 4 nitrogen and oxygen atoms in total. The number of para-hydroxylation sites is 1. The maximum absolute atomic E-state index is 11.9. The number of nitrogens with zero attached hydrogens (tertiary/aromatic N) is 1. The smallest absolute Gasteiger partial charge is 0.410 e. The molecule has 0 radical (unpaired) electrons. The summed E-state index contributed by atoms with van der Waals surface area (Å²) < 4.78 is 5.14. The van der Waals surface area contributed by atoms with Gasteiger partial charge in [0.15, 0.2) is 0 Å². The summed E-state index contributed by atoms with van der Waals surface area (Å²) in [7, 11) is 0. The number of H-pyrrole nitrogens is 1. The van der Waals surface area contributed by atoms with Gasteiger partial charge in [-0.1, -0.05) is 18.2 Å². The van der Waals surface area contributed by atoms with Crippen LogP contribution in [0, 0.1) is 0 Å².